The van der Waals surface area contributed by atoms with Gasteiger partial charge in [-0.25, -0.2) is 4.79 Å². The summed E-state index contributed by atoms with van der Waals surface area (Å²) in [5, 5.41) is 2.77. The summed E-state index contributed by atoms with van der Waals surface area (Å²) in [6.07, 6.45) is 17.6. The average molecular weight is 293 g/mol. The van der Waals surface area contributed by atoms with E-state index < -0.39 is 5.60 Å². The van der Waals surface area contributed by atoms with Gasteiger partial charge in [-0.2, -0.15) is 0 Å². The van der Waals surface area contributed by atoms with Crippen molar-refractivity contribution in [1.82, 2.24) is 5.32 Å². The van der Waals surface area contributed by atoms with E-state index in [9.17, 15) is 4.79 Å². The van der Waals surface area contributed by atoms with Gasteiger partial charge in [0.25, 0.3) is 0 Å². The molecule has 3 nitrogen and oxygen atoms in total. The van der Waals surface area contributed by atoms with Crippen LogP contribution in [0.4, 0.5) is 4.79 Å². The first-order chi connectivity index (χ1) is 9.95. The molecule has 0 unspecified atom stereocenters. The molecule has 0 fully saturated rings. The summed E-state index contributed by atoms with van der Waals surface area (Å²) < 4.78 is 5.16. The monoisotopic (exact) mass is 293 g/mol. The lowest BCUT2D eigenvalue weighted by atomic mass is 10.2. The quantitative estimate of drug-likeness (QED) is 0.471. The lowest BCUT2D eigenvalue weighted by Gasteiger charge is -2.19. The second-order valence-corrected chi connectivity index (χ2v) is 5.93. The zero-order valence-electron chi connectivity index (χ0n) is 14.0. The maximum absolute atomic E-state index is 11.4. The number of rotatable bonds is 9. The van der Waals surface area contributed by atoms with E-state index >= 15 is 0 Å². The number of unbranched alkanes of at least 4 members (excludes halogenated alkanes) is 3. The fraction of sp³-hybridized carbons (Fsp3) is 0.611. The SMILES string of the molecule is CC/C=C/C=C/C=C/CCCCCNC(=O)OC(C)(C)C. The molecule has 0 aliphatic heterocycles. The summed E-state index contributed by atoms with van der Waals surface area (Å²) in [6, 6.07) is 0. The fourth-order valence-electron chi connectivity index (χ4n) is 1.59. The summed E-state index contributed by atoms with van der Waals surface area (Å²) >= 11 is 0. The van der Waals surface area contributed by atoms with Crippen molar-refractivity contribution in [3.05, 3.63) is 36.5 Å². The van der Waals surface area contributed by atoms with E-state index in [1.54, 1.807) is 0 Å². The summed E-state index contributed by atoms with van der Waals surface area (Å²) in [5.41, 5.74) is -0.422. The molecule has 21 heavy (non-hydrogen) atoms. The Balaban J connectivity index is 3.44. The fourth-order valence-corrected chi connectivity index (χ4v) is 1.59. The Morgan fingerprint density at radius 2 is 1.67 bits per heavy atom. The molecule has 0 bridgehead atoms. The van der Waals surface area contributed by atoms with E-state index in [0.29, 0.717) is 6.54 Å². The first-order valence-corrected chi connectivity index (χ1v) is 7.91. The third-order valence-corrected chi connectivity index (χ3v) is 2.56. The van der Waals surface area contributed by atoms with Crippen LogP contribution in [0.25, 0.3) is 0 Å². The van der Waals surface area contributed by atoms with Crippen molar-refractivity contribution in [1.29, 1.82) is 0 Å². The second kappa shape index (κ2) is 12.2. The van der Waals surface area contributed by atoms with Gasteiger partial charge in [-0.3, -0.25) is 0 Å². The molecule has 0 aliphatic rings. The zero-order chi connectivity index (χ0) is 16.0. The van der Waals surface area contributed by atoms with Crippen LogP contribution >= 0.6 is 0 Å². The van der Waals surface area contributed by atoms with Gasteiger partial charge in [0.2, 0.25) is 0 Å². The number of carbonyl (C=O) groups is 1. The van der Waals surface area contributed by atoms with E-state index in [1.165, 1.54) is 0 Å². The minimum Gasteiger partial charge on any atom is -0.444 e. The van der Waals surface area contributed by atoms with Gasteiger partial charge in [0.1, 0.15) is 5.60 Å². The standard InChI is InChI=1S/C18H31NO2/c1-5-6-7-8-9-10-11-12-13-14-15-16-19-17(20)21-18(2,3)4/h6-11H,5,12-16H2,1-4H3,(H,19,20)/b7-6+,9-8+,11-10+. The van der Waals surface area contributed by atoms with Crippen LogP contribution in [0.2, 0.25) is 0 Å². The molecular formula is C18H31NO2. The van der Waals surface area contributed by atoms with Gasteiger partial charge in [0.05, 0.1) is 0 Å². The Labute approximate surface area is 130 Å². The Morgan fingerprint density at radius 3 is 2.29 bits per heavy atom. The molecule has 0 aliphatic carbocycles. The number of allylic oxidation sites excluding steroid dienone is 6. The maximum atomic E-state index is 11.4. The lowest BCUT2D eigenvalue weighted by molar-refractivity contribution is 0.0527. The van der Waals surface area contributed by atoms with Crippen LogP contribution in [0.15, 0.2) is 36.5 Å². The number of nitrogens with one attached hydrogen (secondary N) is 1. The van der Waals surface area contributed by atoms with Crippen molar-refractivity contribution in [2.75, 3.05) is 6.54 Å². The Hall–Kier alpha value is -1.51. The van der Waals surface area contributed by atoms with Crippen molar-refractivity contribution < 1.29 is 9.53 Å². The molecule has 0 aromatic carbocycles. The molecule has 1 N–H and O–H groups in total. The molecule has 0 atom stereocenters. The van der Waals surface area contributed by atoms with Gasteiger partial charge < -0.3 is 10.1 Å². The number of carbonyl (C=O) groups excluding carboxylic acids is 1. The van der Waals surface area contributed by atoms with Crippen molar-refractivity contribution >= 4 is 6.09 Å². The Morgan fingerprint density at radius 1 is 1.00 bits per heavy atom. The highest BCUT2D eigenvalue weighted by atomic mass is 16.6. The smallest absolute Gasteiger partial charge is 0.407 e. The second-order valence-electron chi connectivity index (χ2n) is 5.93. The van der Waals surface area contributed by atoms with Crippen LogP contribution in [0.5, 0.6) is 0 Å². The summed E-state index contributed by atoms with van der Waals surface area (Å²) in [5.74, 6) is 0. The number of ether oxygens (including phenoxy) is 1. The molecule has 0 spiro atoms. The van der Waals surface area contributed by atoms with Crippen LogP contribution < -0.4 is 5.32 Å². The van der Waals surface area contributed by atoms with Gasteiger partial charge >= 0.3 is 6.09 Å². The highest BCUT2D eigenvalue weighted by molar-refractivity contribution is 5.67. The predicted octanol–water partition coefficient (Wildman–Crippen LogP) is 5.15. The van der Waals surface area contributed by atoms with Crippen LogP contribution in [0, 0.1) is 0 Å². The highest BCUT2D eigenvalue weighted by Gasteiger charge is 2.15. The van der Waals surface area contributed by atoms with Crippen molar-refractivity contribution in [3.63, 3.8) is 0 Å². The Kier molecular flexibility index (Phi) is 11.4. The summed E-state index contributed by atoms with van der Waals surface area (Å²) in [6.45, 7) is 8.40. The number of amides is 1. The molecule has 0 aromatic rings. The molecule has 0 saturated carbocycles. The summed E-state index contributed by atoms with van der Waals surface area (Å²) in [4.78, 5) is 11.4. The molecular weight excluding hydrogens is 262 g/mol. The van der Waals surface area contributed by atoms with Gasteiger partial charge in [0.15, 0.2) is 0 Å². The molecule has 0 aromatic heterocycles. The first-order valence-electron chi connectivity index (χ1n) is 7.91. The van der Waals surface area contributed by atoms with E-state index in [1.807, 2.05) is 26.8 Å². The van der Waals surface area contributed by atoms with E-state index in [0.717, 1.165) is 32.1 Å². The van der Waals surface area contributed by atoms with Crippen LogP contribution in [0.1, 0.15) is 59.8 Å². The van der Waals surface area contributed by atoms with Crippen LogP contribution in [0.3, 0.4) is 0 Å². The van der Waals surface area contributed by atoms with Gasteiger partial charge in [0, 0.05) is 6.54 Å². The van der Waals surface area contributed by atoms with E-state index in [4.69, 9.17) is 4.74 Å². The molecule has 0 saturated heterocycles. The molecule has 120 valence electrons. The average Bonchev–Trinajstić information content (AvgIpc) is 2.38. The van der Waals surface area contributed by atoms with E-state index in [2.05, 4.69) is 42.6 Å². The zero-order valence-corrected chi connectivity index (χ0v) is 14.0. The molecule has 0 heterocycles. The number of hydrogen-bond donors (Lipinski definition) is 1. The molecule has 0 radical (unpaired) electrons. The maximum Gasteiger partial charge on any atom is 0.407 e. The lowest BCUT2D eigenvalue weighted by Crippen LogP contribution is -2.32. The largest absolute Gasteiger partial charge is 0.444 e. The van der Waals surface area contributed by atoms with Crippen LogP contribution in [-0.4, -0.2) is 18.2 Å². The van der Waals surface area contributed by atoms with Gasteiger partial charge in [-0.05, 0) is 46.5 Å². The predicted molar refractivity (Wildman–Crippen MR) is 90.4 cm³/mol. The minimum atomic E-state index is -0.422. The van der Waals surface area contributed by atoms with Crippen molar-refractivity contribution in [3.8, 4) is 0 Å². The van der Waals surface area contributed by atoms with Crippen molar-refractivity contribution in [2.24, 2.45) is 0 Å². The topological polar surface area (TPSA) is 38.3 Å². The van der Waals surface area contributed by atoms with Crippen LogP contribution in [-0.2, 0) is 4.74 Å². The third kappa shape index (κ3) is 16.4. The number of alkyl carbamates (subject to hydrolysis) is 1. The molecule has 0 rings (SSSR count). The summed E-state index contributed by atoms with van der Waals surface area (Å²) in [7, 11) is 0. The van der Waals surface area contributed by atoms with E-state index in [-0.39, 0.29) is 6.09 Å². The van der Waals surface area contributed by atoms with Crippen molar-refractivity contribution in [2.45, 2.75) is 65.4 Å². The van der Waals surface area contributed by atoms with Gasteiger partial charge in [-0.15, -0.1) is 0 Å². The normalized spacial score (nSPS) is 12.6. The minimum absolute atomic E-state index is 0.326. The molecule has 1 amide bonds. The first kappa shape index (κ1) is 19.5. The molecule has 3 heteroatoms. The van der Waals surface area contributed by atoms with Gasteiger partial charge in [-0.1, -0.05) is 49.8 Å². The Bertz CT molecular complexity index is 349. The third-order valence-electron chi connectivity index (χ3n) is 2.56. The highest BCUT2D eigenvalue weighted by Crippen LogP contribution is 2.06. The number of hydrogen-bond acceptors (Lipinski definition) is 2.